The van der Waals surface area contributed by atoms with E-state index in [1.54, 1.807) is 42.6 Å². The number of sulfone groups is 1. The molecule has 1 heterocycles. The maximum atomic E-state index is 11.9. The van der Waals surface area contributed by atoms with Gasteiger partial charge in [-0.1, -0.05) is 12.1 Å². The molecule has 0 bridgehead atoms. The van der Waals surface area contributed by atoms with Crippen LogP contribution in [0.1, 0.15) is 31.9 Å². The minimum absolute atomic E-state index is 0. The quantitative estimate of drug-likeness (QED) is 0.313. The predicted octanol–water partition coefficient (Wildman–Crippen LogP) is 1.98. The SMILES string of the molecule is C[C-](C)C.[CH-]=C(C=[N-])NC(=O)Cc1ccc(Oc2ccnc3ccc(S(C)(=O)=O)cc23)c(C)c1.[Li+]. The van der Waals surface area contributed by atoms with E-state index in [0.717, 1.165) is 17.4 Å². The molecular weight excluding hydrogens is 457 g/mol. The normalized spacial score (nSPS) is 10.6. The first-order valence-electron chi connectivity index (χ1n) is 10.4. The molecule has 3 rings (SSSR count). The number of fused-ring (bicyclic) bond motifs is 1. The Morgan fingerprint density at radius 2 is 1.80 bits per heavy atom. The van der Waals surface area contributed by atoms with Crippen molar-refractivity contribution in [2.75, 3.05) is 6.26 Å². The average Bonchev–Trinajstić information content (AvgIpc) is 2.74. The number of benzene rings is 2. The van der Waals surface area contributed by atoms with Crippen molar-refractivity contribution in [3.05, 3.63) is 83.4 Å². The first-order chi connectivity index (χ1) is 15.9. The van der Waals surface area contributed by atoms with Crippen LogP contribution in [-0.2, 0) is 21.1 Å². The van der Waals surface area contributed by atoms with Crippen LogP contribution in [0.25, 0.3) is 16.3 Å². The number of amides is 1. The van der Waals surface area contributed by atoms with Crippen molar-refractivity contribution in [3.8, 4) is 11.5 Å². The molecule has 7 nitrogen and oxygen atoms in total. The number of aromatic nitrogens is 1. The van der Waals surface area contributed by atoms with Gasteiger partial charge in [0, 0.05) is 17.8 Å². The van der Waals surface area contributed by atoms with Crippen molar-refractivity contribution >= 4 is 32.9 Å². The van der Waals surface area contributed by atoms with Gasteiger partial charge in [-0.15, -0.1) is 0 Å². The van der Waals surface area contributed by atoms with Crippen LogP contribution in [0, 0.1) is 19.4 Å². The fourth-order valence-corrected chi connectivity index (χ4v) is 3.54. The number of pyridine rings is 1. The monoisotopic (exact) mass is 485 g/mol. The Kier molecular flexibility index (Phi) is 11.4. The molecule has 0 radical (unpaired) electrons. The van der Waals surface area contributed by atoms with E-state index in [9.17, 15) is 13.2 Å². The molecule has 0 unspecified atom stereocenters. The van der Waals surface area contributed by atoms with Gasteiger partial charge in [0.05, 0.1) is 16.8 Å². The molecule has 0 aliphatic heterocycles. The molecule has 0 fully saturated rings. The molecule has 0 saturated carbocycles. The van der Waals surface area contributed by atoms with Gasteiger partial charge in [-0.2, -0.15) is 26.5 Å². The molecule has 1 aromatic heterocycles. The summed E-state index contributed by atoms with van der Waals surface area (Å²) in [5.74, 6) is 2.09. The molecule has 0 aliphatic rings. The largest absolute Gasteiger partial charge is 1.00 e. The summed E-state index contributed by atoms with van der Waals surface area (Å²) in [5.41, 5.74) is 2.01. The maximum absolute atomic E-state index is 11.9. The predicted molar refractivity (Wildman–Crippen MR) is 135 cm³/mol. The number of ether oxygens (including phenoxy) is 1. The summed E-state index contributed by atoms with van der Waals surface area (Å²) >= 11 is 0. The Morgan fingerprint density at radius 1 is 1.14 bits per heavy atom. The fourth-order valence-electron chi connectivity index (χ4n) is 2.90. The number of nitrogens with zero attached hydrogens (tertiary/aromatic N) is 2. The van der Waals surface area contributed by atoms with Crippen LogP contribution in [-0.4, -0.2) is 31.8 Å². The van der Waals surface area contributed by atoms with Gasteiger partial charge in [-0.25, -0.2) is 8.42 Å². The fraction of sp³-hybridized carbons (Fsp3) is 0.231. The summed E-state index contributed by atoms with van der Waals surface area (Å²) in [7, 11) is -3.37. The zero-order chi connectivity index (χ0) is 25.5. The van der Waals surface area contributed by atoms with E-state index < -0.39 is 9.84 Å². The first kappa shape index (κ1) is 30.1. The van der Waals surface area contributed by atoms with E-state index in [-0.39, 0.29) is 41.8 Å². The summed E-state index contributed by atoms with van der Waals surface area (Å²) < 4.78 is 29.8. The van der Waals surface area contributed by atoms with Crippen molar-refractivity contribution in [1.82, 2.24) is 10.3 Å². The summed E-state index contributed by atoms with van der Waals surface area (Å²) in [6.45, 7) is 13.5. The molecule has 0 saturated heterocycles. The first-order valence-corrected chi connectivity index (χ1v) is 12.3. The zero-order valence-corrected chi connectivity index (χ0v) is 21.7. The van der Waals surface area contributed by atoms with Gasteiger partial charge in [0.1, 0.15) is 11.5 Å². The molecule has 1 amide bonds. The minimum atomic E-state index is -3.37. The number of hydrogen-bond acceptors (Lipinski definition) is 5. The number of carbonyl (C=O) groups excluding carboxylic acids is 1. The van der Waals surface area contributed by atoms with Gasteiger partial charge in [0.2, 0.25) is 5.91 Å². The van der Waals surface area contributed by atoms with Gasteiger partial charge < -0.3 is 27.6 Å². The summed E-state index contributed by atoms with van der Waals surface area (Å²) in [6, 6.07) is 11.6. The van der Waals surface area contributed by atoms with E-state index in [2.05, 4.69) is 31.1 Å². The maximum Gasteiger partial charge on any atom is 1.00 e. The molecule has 0 aliphatic carbocycles. The van der Waals surface area contributed by atoms with E-state index in [1.807, 2.05) is 6.92 Å². The molecule has 35 heavy (non-hydrogen) atoms. The molecule has 9 heteroatoms. The number of rotatable bonds is 7. The number of carbonyl (C=O) groups is 1. The van der Waals surface area contributed by atoms with Gasteiger partial charge >= 0.3 is 18.9 Å². The average molecular weight is 486 g/mol. The van der Waals surface area contributed by atoms with E-state index in [1.165, 1.54) is 12.0 Å². The van der Waals surface area contributed by atoms with Crippen molar-refractivity contribution in [3.63, 3.8) is 0 Å². The second-order valence-corrected chi connectivity index (χ2v) is 10.3. The molecule has 0 atom stereocenters. The Balaban J connectivity index is 0.00000114. The van der Waals surface area contributed by atoms with E-state index in [4.69, 9.17) is 16.7 Å². The third-order valence-corrected chi connectivity index (χ3v) is 5.46. The third kappa shape index (κ3) is 9.33. The van der Waals surface area contributed by atoms with Crippen LogP contribution in [0.3, 0.4) is 0 Å². The van der Waals surface area contributed by atoms with Crippen molar-refractivity contribution in [1.29, 1.82) is 0 Å². The standard InChI is InChI=1S/C22H19N3O4S.C4H9.Li/c1-14-10-16(11-22(26)25-15(2)13-23)4-7-20(14)29-21-8-9-24-19-6-5-17(12-18(19)21)30(3,27)28;1-4(2)3;/h2,4-10,12-13H,11H2,1,3H3,(H,25,26);1-3H3;/q-2;-1;+1. The van der Waals surface area contributed by atoms with Crippen molar-refractivity contribution < 1.29 is 36.8 Å². The van der Waals surface area contributed by atoms with E-state index in [0.29, 0.717) is 28.6 Å². The van der Waals surface area contributed by atoms with Crippen molar-refractivity contribution in [2.24, 2.45) is 0 Å². The van der Waals surface area contributed by atoms with Gasteiger partial charge in [-0.05, 0) is 48.4 Å². The molecule has 2 aromatic carbocycles. The Bertz CT molecular complexity index is 1320. The topological polar surface area (TPSA) is 108 Å². The van der Waals surface area contributed by atoms with Gasteiger partial charge in [0.15, 0.2) is 9.84 Å². The molecule has 1 N–H and O–H groups in total. The number of aryl methyl sites for hydroxylation is 1. The summed E-state index contributed by atoms with van der Waals surface area (Å²) in [4.78, 5) is 16.3. The smallest absolute Gasteiger partial charge is 0.909 e. The van der Waals surface area contributed by atoms with Gasteiger partial charge in [0.25, 0.3) is 0 Å². The second-order valence-electron chi connectivity index (χ2n) is 8.27. The van der Waals surface area contributed by atoms with Crippen LogP contribution in [0.4, 0.5) is 0 Å². The number of allylic oxidation sites excluding steroid dienone is 1. The minimum Gasteiger partial charge on any atom is -0.909 e. The second kappa shape index (κ2) is 13.2. The van der Waals surface area contributed by atoms with E-state index >= 15 is 0 Å². The summed E-state index contributed by atoms with van der Waals surface area (Å²) in [6.07, 6.45) is 3.43. The summed E-state index contributed by atoms with van der Waals surface area (Å²) in [5, 5.41) is 11.7. The Labute approximate surface area is 219 Å². The van der Waals surface area contributed by atoms with Crippen LogP contribution >= 0.6 is 0 Å². The molecular formula is C26H28LiN3O4S-2. The van der Waals surface area contributed by atoms with Crippen LogP contribution in [0.5, 0.6) is 11.5 Å². The van der Waals surface area contributed by atoms with Gasteiger partial charge in [-0.3, -0.25) is 16.4 Å². The Hall–Kier alpha value is -2.92. The molecule has 3 aromatic rings. The van der Waals surface area contributed by atoms with Crippen LogP contribution < -0.4 is 28.9 Å². The Morgan fingerprint density at radius 3 is 2.37 bits per heavy atom. The van der Waals surface area contributed by atoms with Crippen molar-refractivity contribution in [2.45, 2.75) is 39.0 Å². The van der Waals surface area contributed by atoms with Crippen LogP contribution in [0.2, 0.25) is 0 Å². The number of nitrogens with one attached hydrogen (secondary N) is 1. The van der Waals surface area contributed by atoms with Crippen LogP contribution in [0.15, 0.2) is 59.3 Å². The third-order valence-electron chi connectivity index (χ3n) is 4.35. The molecule has 180 valence electrons. The zero-order valence-electron chi connectivity index (χ0n) is 20.9. The number of hydrogen-bond donors (Lipinski definition) is 1. The molecule has 0 spiro atoms.